The molecule has 0 heterocycles. The van der Waals surface area contributed by atoms with E-state index in [9.17, 15) is 9.59 Å². The molecular formula is C19H26N2O2. The van der Waals surface area contributed by atoms with Crippen LogP contribution in [0.3, 0.4) is 0 Å². The third-order valence-electron chi connectivity index (χ3n) is 4.28. The number of carbonyl (C=O) groups is 2. The van der Waals surface area contributed by atoms with Crippen molar-refractivity contribution in [3.05, 3.63) is 42.0 Å². The zero-order chi connectivity index (χ0) is 16.7. The van der Waals surface area contributed by atoms with Crippen molar-refractivity contribution in [3.63, 3.8) is 0 Å². The van der Waals surface area contributed by atoms with Crippen LogP contribution in [0.25, 0.3) is 0 Å². The van der Waals surface area contributed by atoms with E-state index in [-0.39, 0.29) is 11.8 Å². The van der Waals surface area contributed by atoms with Crippen LogP contribution >= 0.6 is 0 Å². The van der Waals surface area contributed by atoms with Crippen LogP contribution in [0, 0.1) is 5.41 Å². The molecule has 23 heavy (non-hydrogen) atoms. The van der Waals surface area contributed by atoms with Gasteiger partial charge in [0.05, 0.1) is 0 Å². The molecule has 4 heteroatoms. The van der Waals surface area contributed by atoms with Gasteiger partial charge in [0.25, 0.3) is 0 Å². The maximum atomic E-state index is 12.4. The fourth-order valence-corrected chi connectivity index (χ4v) is 2.60. The highest BCUT2D eigenvalue weighted by atomic mass is 16.2. The second-order valence-electron chi connectivity index (χ2n) is 6.56. The molecule has 0 atom stereocenters. The van der Waals surface area contributed by atoms with Crippen molar-refractivity contribution >= 4 is 17.5 Å². The summed E-state index contributed by atoms with van der Waals surface area (Å²) in [6.45, 7) is 3.90. The van der Waals surface area contributed by atoms with Gasteiger partial charge in [-0.1, -0.05) is 29.8 Å². The average molecular weight is 314 g/mol. The predicted octanol–water partition coefficient (Wildman–Crippen LogP) is 3.66. The topological polar surface area (TPSA) is 58.2 Å². The van der Waals surface area contributed by atoms with E-state index in [1.54, 1.807) is 26.0 Å². The second kappa shape index (κ2) is 7.95. The van der Waals surface area contributed by atoms with E-state index in [0.29, 0.717) is 12.2 Å². The molecule has 0 fully saturated rings. The third-order valence-corrected chi connectivity index (χ3v) is 4.28. The van der Waals surface area contributed by atoms with Crippen molar-refractivity contribution in [2.24, 2.45) is 5.41 Å². The molecule has 2 N–H and O–H groups in total. The number of hydrogen-bond acceptors (Lipinski definition) is 2. The van der Waals surface area contributed by atoms with Crippen LogP contribution in [0.15, 0.2) is 42.0 Å². The smallest absolute Gasteiger partial charge is 0.239 e. The summed E-state index contributed by atoms with van der Waals surface area (Å²) in [5.74, 6) is -0.527. The SMILES string of the molecule is CC(C)(C(=O)NCCC1=CCCCC1)C(=O)Nc1ccccc1. The Hall–Kier alpha value is -2.10. The molecule has 2 rings (SSSR count). The van der Waals surface area contributed by atoms with Gasteiger partial charge in [0.2, 0.25) is 11.8 Å². The van der Waals surface area contributed by atoms with Crippen LogP contribution in [0.2, 0.25) is 0 Å². The van der Waals surface area contributed by atoms with Crippen LogP contribution in [0.1, 0.15) is 46.0 Å². The van der Waals surface area contributed by atoms with Crippen LogP contribution in [0.4, 0.5) is 5.69 Å². The Morgan fingerprint density at radius 1 is 1.09 bits per heavy atom. The molecule has 1 aliphatic carbocycles. The minimum absolute atomic E-state index is 0.234. The Kier molecular flexibility index (Phi) is 5.97. The molecule has 0 bridgehead atoms. The fraction of sp³-hybridized carbons (Fsp3) is 0.474. The van der Waals surface area contributed by atoms with E-state index in [4.69, 9.17) is 0 Å². The normalized spacial score (nSPS) is 14.8. The first kappa shape index (κ1) is 17.3. The van der Waals surface area contributed by atoms with Crippen LogP contribution < -0.4 is 10.6 Å². The fourth-order valence-electron chi connectivity index (χ4n) is 2.60. The first-order valence-electron chi connectivity index (χ1n) is 8.33. The summed E-state index contributed by atoms with van der Waals surface area (Å²) in [6, 6.07) is 9.19. The number of amides is 2. The summed E-state index contributed by atoms with van der Waals surface area (Å²) < 4.78 is 0. The molecule has 0 unspecified atom stereocenters. The zero-order valence-electron chi connectivity index (χ0n) is 14.0. The lowest BCUT2D eigenvalue weighted by Gasteiger charge is -2.23. The number of carbonyl (C=O) groups excluding carboxylic acids is 2. The maximum absolute atomic E-state index is 12.4. The number of nitrogens with one attached hydrogen (secondary N) is 2. The van der Waals surface area contributed by atoms with Gasteiger partial charge in [-0.2, -0.15) is 0 Å². The Morgan fingerprint density at radius 3 is 2.48 bits per heavy atom. The molecule has 0 saturated heterocycles. The van der Waals surface area contributed by atoms with Crippen molar-refractivity contribution < 1.29 is 9.59 Å². The lowest BCUT2D eigenvalue weighted by molar-refractivity contribution is -0.138. The monoisotopic (exact) mass is 314 g/mol. The first-order chi connectivity index (χ1) is 11.0. The molecule has 0 radical (unpaired) electrons. The van der Waals surface area contributed by atoms with Gasteiger partial charge in [-0.05, 0) is 58.1 Å². The van der Waals surface area contributed by atoms with Gasteiger partial charge in [-0.25, -0.2) is 0 Å². The molecule has 1 aromatic rings. The molecule has 0 aliphatic heterocycles. The Balaban J connectivity index is 1.83. The summed E-state index contributed by atoms with van der Waals surface area (Å²) in [5, 5.41) is 5.69. The van der Waals surface area contributed by atoms with Gasteiger partial charge in [0.15, 0.2) is 0 Å². The van der Waals surface area contributed by atoms with Gasteiger partial charge in [0.1, 0.15) is 5.41 Å². The summed E-state index contributed by atoms with van der Waals surface area (Å²) in [4.78, 5) is 24.7. The van der Waals surface area contributed by atoms with Gasteiger partial charge in [-0.15, -0.1) is 0 Å². The predicted molar refractivity (Wildman–Crippen MR) is 93.0 cm³/mol. The molecular weight excluding hydrogens is 288 g/mol. The van der Waals surface area contributed by atoms with Crippen LogP contribution in [-0.4, -0.2) is 18.4 Å². The zero-order valence-corrected chi connectivity index (χ0v) is 14.0. The van der Waals surface area contributed by atoms with Crippen LogP contribution in [-0.2, 0) is 9.59 Å². The molecule has 1 aliphatic rings. The molecule has 0 aromatic heterocycles. The number of benzene rings is 1. The van der Waals surface area contributed by atoms with E-state index in [1.165, 1.54) is 18.4 Å². The van der Waals surface area contributed by atoms with E-state index in [1.807, 2.05) is 18.2 Å². The number of para-hydroxylation sites is 1. The summed E-state index contributed by atoms with van der Waals surface area (Å²) in [5.41, 5.74) is 1.02. The highest BCUT2D eigenvalue weighted by Crippen LogP contribution is 2.21. The first-order valence-corrected chi connectivity index (χ1v) is 8.33. The van der Waals surface area contributed by atoms with E-state index >= 15 is 0 Å². The lowest BCUT2D eigenvalue weighted by atomic mass is 9.90. The summed E-state index contributed by atoms with van der Waals surface area (Å²) in [7, 11) is 0. The minimum atomic E-state index is -1.10. The number of hydrogen-bond donors (Lipinski definition) is 2. The molecule has 4 nitrogen and oxygen atoms in total. The maximum Gasteiger partial charge on any atom is 0.239 e. The largest absolute Gasteiger partial charge is 0.355 e. The molecule has 0 spiro atoms. The van der Waals surface area contributed by atoms with Crippen molar-refractivity contribution in [2.45, 2.75) is 46.0 Å². The van der Waals surface area contributed by atoms with Crippen molar-refractivity contribution in [1.29, 1.82) is 0 Å². The lowest BCUT2D eigenvalue weighted by Crippen LogP contribution is -2.45. The molecule has 2 amide bonds. The van der Waals surface area contributed by atoms with E-state index < -0.39 is 5.41 Å². The van der Waals surface area contributed by atoms with E-state index in [2.05, 4.69) is 16.7 Å². The highest BCUT2D eigenvalue weighted by Gasteiger charge is 2.35. The van der Waals surface area contributed by atoms with Gasteiger partial charge in [-0.3, -0.25) is 9.59 Å². The number of anilines is 1. The summed E-state index contributed by atoms with van der Waals surface area (Å²) in [6.07, 6.45) is 7.94. The minimum Gasteiger partial charge on any atom is -0.355 e. The standard InChI is InChI=1S/C19H26N2O2/c1-19(2,18(23)21-16-11-7-4-8-12-16)17(22)20-14-13-15-9-5-3-6-10-15/h4,7-9,11-12H,3,5-6,10,13-14H2,1-2H3,(H,20,22)(H,21,23). The van der Waals surface area contributed by atoms with Crippen LogP contribution in [0.5, 0.6) is 0 Å². The Labute approximate surface area is 138 Å². The van der Waals surface area contributed by atoms with Crippen molar-refractivity contribution in [3.8, 4) is 0 Å². The number of allylic oxidation sites excluding steroid dienone is 1. The van der Waals surface area contributed by atoms with E-state index in [0.717, 1.165) is 19.3 Å². The van der Waals surface area contributed by atoms with Gasteiger partial charge < -0.3 is 10.6 Å². The van der Waals surface area contributed by atoms with Gasteiger partial charge >= 0.3 is 0 Å². The Morgan fingerprint density at radius 2 is 1.83 bits per heavy atom. The second-order valence-corrected chi connectivity index (χ2v) is 6.56. The summed E-state index contributed by atoms with van der Waals surface area (Å²) >= 11 is 0. The van der Waals surface area contributed by atoms with Crippen molar-refractivity contribution in [1.82, 2.24) is 5.32 Å². The molecule has 0 saturated carbocycles. The van der Waals surface area contributed by atoms with Crippen molar-refractivity contribution in [2.75, 3.05) is 11.9 Å². The molecule has 124 valence electrons. The quantitative estimate of drug-likeness (QED) is 0.622. The average Bonchev–Trinajstić information content (AvgIpc) is 2.56. The molecule has 1 aromatic carbocycles. The third kappa shape index (κ3) is 4.95. The Bertz CT molecular complexity index is 576. The van der Waals surface area contributed by atoms with Gasteiger partial charge in [0, 0.05) is 12.2 Å². The highest BCUT2D eigenvalue weighted by molar-refractivity contribution is 6.09. The number of rotatable bonds is 6.